The Morgan fingerprint density at radius 2 is 1.88 bits per heavy atom. The van der Waals surface area contributed by atoms with Crippen LogP contribution in [0.2, 0.25) is 0 Å². The average Bonchev–Trinajstić information content (AvgIpc) is 2.60. The first-order valence-corrected chi connectivity index (χ1v) is 9.05. The van der Waals surface area contributed by atoms with Gasteiger partial charge in [-0.05, 0) is 49.8 Å². The van der Waals surface area contributed by atoms with E-state index in [1.54, 1.807) is 6.07 Å². The number of fused-ring (bicyclic) bond motifs is 1. The number of hydrogen-bond acceptors (Lipinski definition) is 4. The Bertz CT molecular complexity index is 847. The van der Waals surface area contributed by atoms with Gasteiger partial charge in [0.25, 0.3) is 0 Å². The van der Waals surface area contributed by atoms with Gasteiger partial charge in [0.15, 0.2) is 5.43 Å². The summed E-state index contributed by atoms with van der Waals surface area (Å²) in [6.45, 7) is 2.70. The molecule has 3 aromatic rings. The summed E-state index contributed by atoms with van der Waals surface area (Å²) in [7, 11) is 0. The molecule has 0 aliphatic heterocycles. The maximum Gasteiger partial charge on any atom is 0.196 e. The standard InChI is InChI=1S/C20H20O3S/c1-15-7-9-16(10-8-15)24-14-3-2-12-22-18-5-4-6-19-20(18)17(21)11-13-23-19/h4-11,13H,2-3,12,14H2,1H3. The lowest BCUT2D eigenvalue weighted by Gasteiger charge is -2.08. The van der Waals surface area contributed by atoms with Gasteiger partial charge in [-0.2, -0.15) is 0 Å². The van der Waals surface area contributed by atoms with Crippen LogP contribution in [0, 0.1) is 6.92 Å². The van der Waals surface area contributed by atoms with Crippen LogP contribution in [-0.4, -0.2) is 12.4 Å². The Morgan fingerprint density at radius 3 is 2.71 bits per heavy atom. The molecule has 1 heterocycles. The van der Waals surface area contributed by atoms with Gasteiger partial charge in [0.1, 0.15) is 16.7 Å². The van der Waals surface area contributed by atoms with Gasteiger partial charge in [-0.1, -0.05) is 23.8 Å². The SMILES string of the molecule is Cc1ccc(SCCCCOc2cccc3occc(=O)c23)cc1. The molecule has 0 saturated carbocycles. The third kappa shape index (κ3) is 4.20. The van der Waals surface area contributed by atoms with Crippen LogP contribution < -0.4 is 10.2 Å². The van der Waals surface area contributed by atoms with E-state index in [0.29, 0.717) is 23.3 Å². The van der Waals surface area contributed by atoms with Crippen molar-refractivity contribution in [3.8, 4) is 5.75 Å². The fourth-order valence-corrected chi connectivity index (χ4v) is 3.35. The molecule has 0 spiro atoms. The van der Waals surface area contributed by atoms with E-state index in [1.165, 1.54) is 22.8 Å². The Hall–Kier alpha value is -2.20. The molecule has 0 N–H and O–H groups in total. The van der Waals surface area contributed by atoms with Crippen molar-refractivity contribution in [3.63, 3.8) is 0 Å². The summed E-state index contributed by atoms with van der Waals surface area (Å²) in [4.78, 5) is 13.3. The highest BCUT2D eigenvalue weighted by Gasteiger charge is 2.07. The van der Waals surface area contributed by atoms with Crippen LogP contribution in [0.1, 0.15) is 18.4 Å². The fourth-order valence-electron chi connectivity index (χ4n) is 2.44. The minimum atomic E-state index is -0.0678. The molecule has 24 heavy (non-hydrogen) atoms. The van der Waals surface area contributed by atoms with Gasteiger partial charge in [-0.3, -0.25) is 4.79 Å². The van der Waals surface area contributed by atoms with Gasteiger partial charge in [0.05, 0.1) is 12.9 Å². The van der Waals surface area contributed by atoms with E-state index in [2.05, 4.69) is 31.2 Å². The first-order valence-electron chi connectivity index (χ1n) is 8.07. The van der Waals surface area contributed by atoms with E-state index in [-0.39, 0.29) is 5.43 Å². The van der Waals surface area contributed by atoms with E-state index in [9.17, 15) is 4.79 Å². The summed E-state index contributed by atoms with van der Waals surface area (Å²) in [6.07, 6.45) is 3.43. The molecule has 0 aliphatic rings. The normalized spacial score (nSPS) is 10.9. The third-order valence-electron chi connectivity index (χ3n) is 3.73. The Balaban J connectivity index is 1.47. The van der Waals surface area contributed by atoms with E-state index >= 15 is 0 Å². The molecule has 3 nitrogen and oxygen atoms in total. The second-order valence-corrected chi connectivity index (χ2v) is 6.80. The van der Waals surface area contributed by atoms with Gasteiger partial charge in [-0.15, -0.1) is 11.8 Å². The second kappa shape index (κ2) is 8.06. The van der Waals surface area contributed by atoms with Crippen LogP contribution in [0.4, 0.5) is 0 Å². The number of unbranched alkanes of at least 4 members (excludes halogenated alkanes) is 1. The van der Waals surface area contributed by atoms with Crippen molar-refractivity contribution in [2.24, 2.45) is 0 Å². The van der Waals surface area contributed by atoms with Crippen molar-refractivity contribution in [3.05, 3.63) is 70.6 Å². The predicted octanol–water partition coefficient (Wildman–Crippen LogP) is 5.05. The molecule has 0 amide bonds. The second-order valence-electron chi connectivity index (χ2n) is 5.63. The van der Waals surface area contributed by atoms with Crippen molar-refractivity contribution in [2.75, 3.05) is 12.4 Å². The van der Waals surface area contributed by atoms with Crippen molar-refractivity contribution < 1.29 is 9.15 Å². The van der Waals surface area contributed by atoms with Crippen molar-refractivity contribution >= 4 is 22.7 Å². The lowest BCUT2D eigenvalue weighted by molar-refractivity contribution is 0.313. The van der Waals surface area contributed by atoms with Crippen LogP contribution in [-0.2, 0) is 0 Å². The summed E-state index contributed by atoms with van der Waals surface area (Å²) in [5.74, 6) is 1.66. The van der Waals surface area contributed by atoms with E-state index in [1.807, 2.05) is 23.9 Å². The number of thioether (sulfide) groups is 1. The summed E-state index contributed by atoms with van der Waals surface area (Å²) >= 11 is 1.86. The van der Waals surface area contributed by atoms with E-state index in [4.69, 9.17) is 9.15 Å². The predicted molar refractivity (Wildman–Crippen MR) is 99.1 cm³/mol. The van der Waals surface area contributed by atoms with Crippen molar-refractivity contribution in [2.45, 2.75) is 24.7 Å². The zero-order valence-corrected chi connectivity index (χ0v) is 14.5. The van der Waals surface area contributed by atoms with Gasteiger partial charge in [-0.25, -0.2) is 0 Å². The molecule has 0 aliphatic carbocycles. The molecular weight excluding hydrogens is 320 g/mol. The molecule has 3 rings (SSSR count). The number of hydrogen-bond donors (Lipinski definition) is 0. The molecule has 0 bridgehead atoms. The zero-order chi connectivity index (χ0) is 16.8. The summed E-state index contributed by atoms with van der Waals surface area (Å²) < 4.78 is 11.2. The van der Waals surface area contributed by atoms with Gasteiger partial charge >= 0.3 is 0 Å². The van der Waals surface area contributed by atoms with Gasteiger partial charge in [0.2, 0.25) is 0 Å². The van der Waals surface area contributed by atoms with Crippen LogP contribution in [0.25, 0.3) is 11.0 Å². The summed E-state index contributed by atoms with van der Waals surface area (Å²) in [5, 5.41) is 0.522. The molecule has 4 heteroatoms. The molecular formula is C20H20O3S. The minimum Gasteiger partial charge on any atom is -0.493 e. The molecule has 0 radical (unpaired) electrons. The third-order valence-corrected chi connectivity index (χ3v) is 4.83. The first-order chi connectivity index (χ1) is 11.7. The highest BCUT2D eigenvalue weighted by atomic mass is 32.2. The minimum absolute atomic E-state index is 0.0678. The molecule has 1 aromatic heterocycles. The van der Waals surface area contributed by atoms with Crippen LogP contribution >= 0.6 is 11.8 Å². The van der Waals surface area contributed by atoms with Crippen LogP contribution in [0.3, 0.4) is 0 Å². The molecule has 0 fully saturated rings. The monoisotopic (exact) mass is 340 g/mol. The number of ether oxygens (including phenoxy) is 1. The van der Waals surface area contributed by atoms with Crippen LogP contribution in [0.15, 0.2) is 68.9 Å². The first kappa shape index (κ1) is 16.7. The van der Waals surface area contributed by atoms with Crippen LogP contribution in [0.5, 0.6) is 5.75 Å². The quantitative estimate of drug-likeness (QED) is 0.445. The zero-order valence-electron chi connectivity index (χ0n) is 13.7. The van der Waals surface area contributed by atoms with E-state index < -0.39 is 0 Å². The Morgan fingerprint density at radius 1 is 1.04 bits per heavy atom. The Kier molecular flexibility index (Phi) is 5.59. The average molecular weight is 340 g/mol. The number of rotatable bonds is 7. The van der Waals surface area contributed by atoms with E-state index in [0.717, 1.165) is 18.6 Å². The fraction of sp³-hybridized carbons (Fsp3) is 0.250. The maximum absolute atomic E-state index is 12.0. The van der Waals surface area contributed by atoms with Gasteiger partial charge < -0.3 is 9.15 Å². The highest BCUT2D eigenvalue weighted by molar-refractivity contribution is 7.99. The molecule has 2 aromatic carbocycles. The highest BCUT2D eigenvalue weighted by Crippen LogP contribution is 2.23. The largest absolute Gasteiger partial charge is 0.493 e. The molecule has 0 saturated heterocycles. The number of aryl methyl sites for hydroxylation is 1. The lowest BCUT2D eigenvalue weighted by Crippen LogP contribution is -2.04. The molecule has 124 valence electrons. The summed E-state index contributed by atoms with van der Waals surface area (Å²) in [5.41, 5.74) is 1.78. The van der Waals surface area contributed by atoms with Crippen molar-refractivity contribution in [1.29, 1.82) is 0 Å². The van der Waals surface area contributed by atoms with Crippen molar-refractivity contribution in [1.82, 2.24) is 0 Å². The lowest BCUT2D eigenvalue weighted by atomic mass is 10.2. The number of benzene rings is 2. The summed E-state index contributed by atoms with van der Waals surface area (Å²) in [6, 6.07) is 15.5. The topological polar surface area (TPSA) is 39.4 Å². The smallest absolute Gasteiger partial charge is 0.196 e. The molecule has 0 atom stereocenters. The molecule has 0 unspecified atom stereocenters. The maximum atomic E-state index is 12.0. The van der Waals surface area contributed by atoms with Gasteiger partial charge in [0, 0.05) is 11.0 Å². The Labute approximate surface area is 145 Å².